The molecule has 0 aromatic rings. The third-order valence-electron chi connectivity index (χ3n) is 8.57. The third-order valence-corrected chi connectivity index (χ3v) is 9.55. The number of hydrogen-bond donors (Lipinski definition) is 4. The van der Waals surface area contributed by atoms with Crippen LogP contribution in [-0.4, -0.2) is 47.8 Å². The minimum Gasteiger partial charge on any atom is -0.387 e. The Morgan fingerprint density at radius 3 is 1.69 bits per heavy atom. The van der Waals surface area contributed by atoms with E-state index in [4.69, 9.17) is 14.8 Å². The van der Waals surface area contributed by atoms with Gasteiger partial charge in [-0.3, -0.25) is 13.8 Å². The number of carbonyl (C=O) groups is 1. The van der Waals surface area contributed by atoms with Crippen LogP contribution in [-0.2, 0) is 18.4 Å². The van der Waals surface area contributed by atoms with Crippen LogP contribution in [0.5, 0.6) is 0 Å². The second-order valence-electron chi connectivity index (χ2n) is 13.5. The fraction of sp³-hybridized carbons (Fsp3) is 0.738. The number of phosphoric ester groups is 1. The first-order chi connectivity index (χ1) is 24.9. The molecule has 3 atom stereocenters. The molecule has 3 unspecified atom stereocenters. The zero-order valence-electron chi connectivity index (χ0n) is 32.6. The van der Waals surface area contributed by atoms with E-state index in [0.717, 1.165) is 64.2 Å². The first kappa shape index (κ1) is 49.2. The van der Waals surface area contributed by atoms with Crippen LogP contribution >= 0.6 is 7.82 Å². The Labute approximate surface area is 313 Å². The average Bonchev–Trinajstić information content (AvgIpc) is 3.12. The number of carbonyl (C=O) groups excluding carboxylic acids is 1. The summed E-state index contributed by atoms with van der Waals surface area (Å²) in [5, 5.41) is 13.6. The monoisotopic (exact) mass is 737 g/mol. The van der Waals surface area contributed by atoms with Gasteiger partial charge in [-0.1, -0.05) is 152 Å². The number of aliphatic hydroxyl groups is 1. The Bertz CT molecular complexity index is 980. The van der Waals surface area contributed by atoms with E-state index in [1.807, 2.05) is 6.08 Å². The molecule has 0 spiro atoms. The van der Waals surface area contributed by atoms with Gasteiger partial charge < -0.3 is 21.1 Å². The summed E-state index contributed by atoms with van der Waals surface area (Å²) in [4.78, 5) is 22.6. The van der Waals surface area contributed by atoms with E-state index in [-0.39, 0.29) is 25.7 Å². The van der Waals surface area contributed by atoms with Gasteiger partial charge >= 0.3 is 7.82 Å². The predicted molar refractivity (Wildman–Crippen MR) is 217 cm³/mol. The van der Waals surface area contributed by atoms with Crippen molar-refractivity contribution in [2.24, 2.45) is 5.73 Å². The van der Waals surface area contributed by atoms with E-state index in [0.29, 0.717) is 6.42 Å². The van der Waals surface area contributed by atoms with Crippen LogP contribution < -0.4 is 11.1 Å². The number of amides is 1. The fourth-order valence-electron chi connectivity index (χ4n) is 5.45. The molecule has 0 aromatic heterocycles. The molecule has 0 heterocycles. The zero-order valence-corrected chi connectivity index (χ0v) is 33.5. The van der Waals surface area contributed by atoms with Crippen LogP contribution in [0.4, 0.5) is 0 Å². The maximum Gasteiger partial charge on any atom is 0.472 e. The summed E-state index contributed by atoms with van der Waals surface area (Å²) in [5.41, 5.74) is 5.36. The number of unbranched alkanes of at least 4 members (excludes halogenated alkanes) is 17. The van der Waals surface area contributed by atoms with Crippen LogP contribution in [0.2, 0.25) is 0 Å². The van der Waals surface area contributed by atoms with E-state index in [1.165, 1.54) is 83.5 Å². The number of nitrogens with two attached hydrogens (primary N) is 1. The van der Waals surface area contributed by atoms with Gasteiger partial charge in [0.25, 0.3) is 0 Å². The maximum absolute atomic E-state index is 12.7. The van der Waals surface area contributed by atoms with Gasteiger partial charge in [-0.15, -0.1) is 0 Å². The zero-order chi connectivity index (χ0) is 37.5. The molecule has 0 bridgehead atoms. The Morgan fingerprint density at radius 2 is 1.10 bits per heavy atom. The predicted octanol–water partition coefficient (Wildman–Crippen LogP) is 11.1. The number of allylic oxidation sites excluding steroid dienone is 9. The molecule has 0 rings (SSSR count). The number of aliphatic hydroxyl groups excluding tert-OH is 1. The maximum atomic E-state index is 12.7. The van der Waals surface area contributed by atoms with Crippen LogP contribution in [0.3, 0.4) is 0 Å². The number of rotatable bonds is 37. The molecule has 51 heavy (non-hydrogen) atoms. The Morgan fingerprint density at radius 1 is 0.647 bits per heavy atom. The standard InChI is InChI=1S/C42H77N2O6P/c1-3-5-7-9-11-13-15-17-18-19-20-21-22-24-26-28-30-32-34-36-42(46)44-40(39-50-51(47,48)49-38-37-43)41(45)35-33-31-29-27-25-23-16-14-12-10-8-6-4-2/h11,13,17-18,20-21,25,27,33,35,40-41,45H,3-10,12,14-16,19,22-24,26,28-32,34,36-39,43H2,1-2H3,(H,44,46)(H,47,48)/b13-11-,18-17-,21-20-,27-25+,35-33+. The van der Waals surface area contributed by atoms with Crippen molar-refractivity contribution in [1.29, 1.82) is 0 Å². The van der Waals surface area contributed by atoms with Crippen molar-refractivity contribution in [3.63, 3.8) is 0 Å². The van der Waals surface area contributed by atoms with Gasteiger partial charge in [0, 0.05) is 13.0 Å². The van der Waals surface area contributed by atoms with Gasteiger partial charge in [-0.25, -0.2) is 4.57 Å². The lowest BCUT2D eigenvalue weighted by Gasteiger charge is -2.23. The highest BCUT2D eigenvalue weighted by molar-refractivity contribution is 7.47. The number of nitrogens with one attached hydrogen (secondary N) is 1. The second-order valence-corrected chi connectivity index (χ2v) is 14.9. The van der Waals surface area contributed by atoms with Gasteiger partial charge in [0.2, 0.25) is 5.91 Å². The largest absolute Gasteiger partial charge is 0.472 e. The summed E-state index contributed by atoms with van der Waals surface area (Å²) in [5.74, 6) is -0.220. The Hall–Kier alpha value is -1.80. The molecule has 9 heteroatoms. The van der Waals surface area contributed by atoms with E-state index < -0.39 is 20.0 Å². The van der Waals surface area contributed by atoms with Crippen molar-refractivity contribution < 1.29 is 28.4 Å². The molecule has 5 N–H and O–H groups in total. The van der Waals surface area contributed by atoms with Gasteiger partial charge in [-0.2, -0.15) is 0 Å². The lowest BCUT2D eigenvalue weighted by molar-refractivity contribution is -0.123. The van der Waals surface area contributed by atoms with Crippen LogP contribution in [0.1, 0.15) is 168 Å². The minimum absolute atomic E-state index is 0.0690. The Kier molecular flexibility index (Phi) is 36.6. The molecule has 1 amide bonds. The molecule has 0 saturated heterocycles. The van der Waals surface area contributed by atoms with Gasteiger partial charge in [0.15, 0.2) is 0 Å². The van der Waals surface area contributed by atoms with Crippen LogP contribution in [0.25, 0.3) is 0 Å². The van der Waals surface area contributed by atoms with E-state index >= 15 is 0 Å². The Balaban J connectivity index is 4.32. The minimum atomic E-state index is -4.35. The normalized spacial score (nSPS) is 14.8. The molecule has 296 valence electrons. The molecule has 0 fully saturated rings. The lowest BCUT2D eigenvalue weighted by atomic mass is 10.1. The van der Waals surface area contributed by atoms with E-state index in [9.17, 15) is 19.4 Å². The molecule has 8 nitrogen and oxygen atoms in total. The topological polar surface area (TPSA) is 131 Å². The van der Waals surface area contributed by atoms with Crippen molar-refractivity contribution in [3.05, 3.63) is 60.8 Å². The smallest absolute Gasteiger partial charge is 0.387 e. The first-order valence-electron chi connectivity index (χ1n) is 20.4. The van der Waals surface area contributed by atoms with Crippen molar-refractivity contribution in [3.8, 4) is 0 Å². The van der Waals surface area contributed by atoms with Gasteiger partial charge in [-0.05, 0) is 70.6 Å². The summed E-state index contributed by atoms with van der Waals surface area (Å²) >= 11 is 0. The summed E-state index contributed by atoms with van der Waals surface area (Å²) < 4.78 is 22.0. The second kappa shape index (κ2) is 37.9. The van der Waals surface area contributed by atoms with Crippen LogP contribution in [0, 0.1) is 0 Å². The average molecular weight is 737 g/mol. The molecule has 0 aliphatic heterocycles. The SMILES string of the molecule is CCCCC/C=C\C/C=C\C/C=C\CCCCCCCCC(=O)NC(COP(=O)(O)OCCN)C(O)/C=C/CC/C=C/CCCCCCCCC. The molecule has 0 aliphatic carbocycles. The molecule has 0 aromatic carbocycles. The lowest BCUT2D eigenvalue weighted by Crippen LogP contribution is -2.45. The number of hydrogen-bond acceptors (Lipinski definition) is 6. The summed E-state index contributed by atoms with van der Waals surface area (Å²) in [7, 11) is -4.35. The van der Waals surface area contributed by atoms with Crippen molar-refractivity contribution in [2.45, 2.75) is 180 Å². The van der Waals surface area contributed by atoms with Crippen LogP contribution in [0.15, 0.2) is 60.8 Å². The molecule has 0 saturated carbocycles. The molecular weight excluding hydrogens is 659 g/mol. The highest BCUT2D eigenvalue weighted by Gasteiger charge is 2.26. The molecule has 0 radical (unpaired) electrons. The number of phosphoric acid groups is 1. The summed E-state index contributed by atoms with van der Waals surface area (Å²) in [6.07, 6.45) is 46.9. The molecular formula is C42H77N2O6P. The fourth-order valence-corrected chi connectivity index (χ4v) is 6.21. The van der Waals surface area contributed by atoms with E-state index in [1.54, 1.807) is 6.08 Å². The summed E-state index contributed by atoms with van der Waals surface area (Å²) in [6.45, 7) is 4.04. The van der Waals surface area contributed by atoms with E-state index in [2.05, 4.69) is 67.8 Å². The summed E-state index contributed by atoms with van der Waals surface area (Å²) in [6, 6.07) is -0.885. The van der Waals surface area contributed by atoms with Crippen molar-refractivity contribution >= 4 is 13.7 Å². The first-order valence-corrected chi connectivity index (χ1v) is 21.9. The van der Waals surface area contributed by atoms with Crippen molar-refractivity contribution in [2.75, 3.05) is 19.8 Å². The van der Waals surface area contributed by atoms with Gasteiger partial charge in [0.1, 0.15) is 0 Å². The van der Waals surface area contributed by atoms with Gasteiger partial charge in [0.05, 0.1) is 25.4 Å². The quantitative estimate of drug-likeness (QED) is 0.0284. The van der Waals surface area contributed by atoms with Crippen molar-refractivity contribution in [1.82, 2.24) is 5.32 Å². The highest BCUT2D eigenvalue weighted by Crippen LogP contribution is 2.43. The molecule has 0 aliphatic rings. The highest BCUT2D eigenvalue weighted by atomic mass is 31.2. The third kappa shape index (κ3) is 36.4.